The Hall–Kier alpha value is -1.59. The molecule has 0 radical (unpaired) electrons. The molecular weight excluding hydrogens is 243 g/mol. The van der Waals surface area contributed by atoms with Gasteiger partial charge in [0, 0.05) is 17.0 Å². The van der Waals surface area contributed by atoms with Crippen LogP contribution in [0.3, 0.4) is 0 Å². The van der Waals surface area contributed by atoms with Crippen molar-refractivity contribution in [1.29, 1.82) is 0 Å². The highest BCUT2D eigenvalue weighted by atomic mass is 19.3. The lowest BCUT2D eigenvalue weighted by Gasteiger charge is -2.03. The Morgan fingerprint density at radius 1 is 1.12 bits per heavy atom. The van der Waals surface area contributed by atoms with Gasteiger partial charge in [-0.3, -0.25) is 0 Å². The van der Waals surface area contributed by atoms with E-state index in [-0.39, 0.29) is 10.9 Å². The van der Waals surface area contributed by atoms with Gasteiger partial charge in [-0.15, -0.1) is 0 Å². The third kappa shape index (κ3) is 1.87. The molecule has 1 unspecified atom stereocenters. The molecule has 17 heavy (non-hydrogen) atoms. The number of aryl methyl sites for hydroxylation is 1. The maximum atomic E-state index is 13.3. The molecule has 1 aromatic carbocycles. The van der Waals surface area contributed by atoms with Crippen LogP contribution in [0.15, 0.2) is 16.5 Å². The second-order valence-corrected chi connectivity index (χ2v) is 3.59. The van der Waals surface area contributed by atoms with E-state index in [4.69, 9.17) is 4.42 Å². The van der Waals surface area contributed by atoms with Gasteiger partial charge >= 0.3 is 0 Å². The van der Waals surface area contributed by atoms with Crippen LogP contribution < -0.4 is 0 Å². The van der Waals surface area contributed by atoms with Crippen molar-refractivity contribution in [3.05, 3.63) is 35.1 Å². The second kappa shape index (κ2) is 4.01. The van der Waals surface area contributed by atoms with Gasteiger partial charge in [0.05, 0.1) is 0 Å². The summed E-state index contributed by atoms with van der Waals surface area (Å²) in [4.78, 5) is 0. The van der Waals surface area contributed by atoms with Crippen molar-refractivity contribution in [2.24, 2.45) is 0 Å². The maximum absolute atomic E-state index is 13.3. The highest BCUT2D eigenvalue weighted by Crippen LogP contribution is 2.35. The molecule has 0 aliphatic carbocycles. The van der Waals surface area contributed by atoms with Crippen LogP contribution in [0.25, 0.3) is 11.0 Å². The van der Waals surface area contributed by atoms with E-state index in [0.717, 1.165) is 6.07 Å². The first-order chi connectivity index (χ1) is 7.91. The molecule has 0 aliphatic rings. The summed E-state index contributed by atoms with van der Waals surface area (Å²) >= 11 is 0. The molecule has 1 atom stereocenters. The molecule has 2 rings (SSSR count). The van der Waals surface area contributed by atoms with Crippen molar-refractivity contribution in [1.82, 2.24) is 0 Å². The molecule has 1 aromatic heterocycles. The van der Waals surface area contributed by atoms with Crippen LogP contribution in [0.4, 0.5) is 22.0 Å². The van der Waals surface area contributed by atoms with E-state index < -0.39 is 35.6 Å². The number of hydrogen-bond donors (Lipinski definition) is 0. The van der Waals surface area contributed by atoms with Gasteiger partial charge in [-0.25, -0.2) is 22.0 Å². The van der Waals surface area contributed by atoms with E-state index in [9.17, 15) is 22.0 Å². The summed E-state index contributed by atoms with van der Waals surface area (Å²) in [6, 6.07) is 1.46. The molecule has 1 heterocycles. The van der Waals surface area contributed by atoms with E-state index in [2.05, 4.69) is 0 Å². The van der Waals surface area contributed by atoms with Gasteiger partial charge in [0.2, 0.25) is 6.17 Å². The van der Waals surface area contributed by atoms with E-state index in [1.807, 2.05) is 0 Å². The van der Waals surface area contributed by atoms with Crippen LogP contribution in [0.5, 0.6) is 0 Å². The predicted octanol–water partition coefficient (Wildman–Crippen LogP) is 4.30. The summed E-state index contributed by atoms with van der Waals surface area (Å²) in [5.74, 6) is -2.59. The van der Waals surface area contributed by atoms with E-state index in [1.165, 1.54) is 6.92 Å². The summed E-state index contributed by atoms with van der Waals surface area (Å²) in [6.07, 6.45) is -5.92. The molecule has 0 fully saturated rings. The molecule has 0 aliphatic heterocycles. The fourth-order valence-corrected chi connectivity index (χ4v) is 1.64. The Morgan fingerprint density at radius 3 is 2.35 bits per heavy atom. The topological polar surface area (TPSA) is 13.1 Å². The Balaban J connectivity index is 2.68. The average Bonchev–Trinajstić information content (AvgIpc) is 2.56. The third-order valence-corrected chi connectivity index (χ3v) is 2.47. The van der Waals surface area contributed by atoms with Gasteiger partial charge in [0.1, 0.15) is 11.6 Å². The lowest BCUT2D eigenvalue weighted by Crippen LogP contribution is -2.02. The molecule has 0 saturated heterocycles. The van der Waals surface area contributed by atoms with Crippen molar-refractivity contribution in [3.63, 3.8) is 0 Å². The molecule has 0 amide bonds. The van der Waals surface area contributed by atoms with Crippen molar-refractivity contribution in [2.75, 3.05) is 0 Å². The van der Waals surface area contributed by atoms with Gasteiger partial charge in [-0.2, -0.15) is 0 Å². The van der Waals surface area contributed by atoms with Gasteiger partial charge < -0.3 is 4.42 Å². The van der Waals surface area contributed by atoms with Crippen LogP contribution in [-0.2, 0) is 0 Å². The second-order valence-electron chi connectivity index (χ2n) is 3.59. The number of fused-ring (bicyclic) bond motifs is 1. The Morgan fingerprint density at radius 2 is 1.76 bits per heavy atom. The lowest BCUT2D eigenvalue weighted by molar-refractivity contribution is 0.0380. The summed E-state index contributed by atoms with van der Waals surface area (Å²) in [5.41, 5.74) is -0.437. The standard InChI is InChI=1S/C11H7F5O/c1-4-6-2-5(12)3-7(13)10(6)17-9(4)8(14)11(15)16/h2-3,8,11H,1H3. The van der Waals surface area contributed by atoms with Gasteiger partial charge in [-0.1, -0.05) is 0 Å². The minimum Gasteiger partial charge on any atom is -0.454 e. The number of furan rings is 1. The van der Waals surface area contributed by atoms with Crippen LogP contribution in [0.2, 0.25) is 0 Å². The molecule has 2 aromatic rings. The first kappa shape index (κ1) is 11.9. The summed E-state index contributed by atoms with van der Waals surface area (Å²) in [6.45, 7) is 1.27. The van der Waals surface area contributed by atoms with Crippen LogP contribution in [0, 0.1) is 18.6 Å². The zero-order valence-corrected chi connectivity index (χ0v) is 8.61. The molecule has 1 nitrogen and oxygen atoms in total. The third-order valence-electron chi connectivity index (χ3n) is 2.47. The van der Waals surface area contributed by atoms with Gasteiger partial charge in [0.25, 0.3) is 6.43 Å². The quantitative estimate of drug-likeness (QED) is 0.724. The molecule has 92 valence electrons. The predicted molar refractivity (Wildman–Crippen MR) is 50.7 cm³/mol. The van der Waals surface area contributed by atoms with Crippen LogP contribution in [-0.4, -0.2) is 6.43 Å². The minimum absolute atomic E-state index is 0.0220. The smallest absolute Gasteiger partial charge is 0.276 e. The largest absolute Gasteiger partial charge is 0.454 e. The van der Waals surface area contributed by atoms with Crippen molar-refractivity contribution < 1.29 is 26.4 Å². The minimum atomic E-state index is -3.28. The number of alkyl halides is 3. The number of benzene rings is 1. The molecule has 0 bridgehead atoms. The Labute approximate surface area is 92.8 Å². The zero-order valence-electron chi connectivity index (χ0n) is 8.61. The van der Waals surface area contributed by atoms with Gasteiger partial charge in [-0.05, 0) is 13.0 Å². The number of halogens is 5. The number of hydrogen-bond acceptors (Lipinski definition) is 1. The SMILES string of the molecule is Cc1c(C(F)C(F)F)oc2c(F)cc(F)cc12. The van der Waals surface area contributed by atoms with Crippen molar-refractivity contribution in [2.45, 2.75) is 19.5 Å². The van der Waals surface area contributed by atoms with Gasteiger partial charge in [0.15, 0.2) is 11.4 Å². The van der Waals surface area contributed by atoms with Crippen LogP contribution >= 0.6 is 0 Å². The summed E-state index contributed by atoms with van der Waals surface area (Å²) in [5, 5.41) is -0.0409. The molecule has 0 saturated carbocycles. The summed E-state index contributed by atoms with van der Waals surface area (Å²) < 4.78 is 68.4. The van der Waals surface area contributed by atoms with Crippen LogP contribution in [0.1, 0.15) is 17.5 Å². The highest BCUT2D eigenvalue weighted by molar-refractivity contribution is 5.82. The summed E-state index contributed by atoms with van der Waals surface area (Å²) in [7, 11) is 0. The zero-order chi connectivity index (χ0) is 12.7. The van der Waals surface area contributed by atoms with Crippen molar-refractivity contribution >= 4 is 11.0 Å². The fourth-order valence-electron chi connectivity index (χ4n) is 1.64. The molecular formula is C11H7F5O. The van der Waals surface area contributed by atoms with E-state index in [0.29, 0.717) is 6.07 Å². The fraction of sp³-hybridized carbons (Fsp3) is 0.273. The first-order valence-corrected chi connectivity index (χ1v) is 4.72. The lowest BCUT2D eigenvalue weighted by atomic mass is 10.1. The first-order valence-electron chi connectivity index (χ1n) is 4.72. The average molecular weight is 250 g/mol. The molecule has 0 N–H and O–H groups in total. The highest BCUT2D eigenvalue weighted by Gasteiger charge is 2.29. The van der Waals surface area contributed by atoms with E-state index in [1.54, 1.807) is 0 Å². The normalized spacial score (nSPS) is 13.6. The Bertz CT molecular complexity index is 560. The molecule has 6 heteroatoms. The maximum Gasteiger partial charge on any atom is 0.276 e. The molecule has 0 spiro atoms. The number of rotatable bonds is 2. The van der Waals surface area contributed by atoms with E-state index >= 15 is 0 Å². The van der Waals surface area contributed by atoms with Crippen molar-refractivity contribution in [3.8, 4) is 0 Å². The monoisotopic (exact) mass is 250 g/mol. The Kier molecular flexibility index (Phi) is 2.81.